The highest BCUT2D eigenvalue weighted by molar-refractivity contribution is 9.10. The van der Waals surface area contributed by atoms with Crippen molar-refractivity contribution in [2.75, 3.05) is 20.1 Å². The van der Waals surface area contributed by atoms with Crippen molar-refractivity contribution < 1.29 is 0 Å². The summed E-state index contributed by atoms with van der Waals surface area (Å²) in [5, 5.41) is 0. The van der Waals surface area contributed by atoms with Crippen LogP contribution in [0.25, 0.3) is 5.65 Å². The van der Waals surface area contributed by atoms with Gasteiger partial charge >= 0.3 is 0 Å². The van der Waals surface area contributed by atoms with Crippen LogP contribution in [-0.2, 0) is 6.42 Å². The number of hydrogen-bond acceptors (Lipinski definition) is 2. The largest absolute Gasteiger partial charge is 0.307 e. The predicted molar refractivity (Wildman–Crippen MR) is 72.2 cm³/mol. The Morgan fingerprint density at radius 2 is 2.41 bits per heavy atom. The average molecular weight is 294 g/mol. The molecule has 1 fully saturated rings. The lowest BCUT2D eigenvalue weighted by Gasteiger charge is -2.07. The first-order valence-electron chi connectivity index (χ1n) is 6.02. The molecule has 3 nitrogen and oxygen atoms in total. The third-order valence-corrected chi connectivity index (χ3v) is 3.95. The number of rotatable bonds is 2. The van der Waals surface area contributed by atoms with Gasteiger partial charge in [-0.1, -0.05) is 15.9 Å². The summed E-state index contributed by atoms with van der Waals surface area (Å²) >= 11 is 3.48. The van der Waals surface area contributed by atoms with Crippen molar-refractivity contribution in [2.45, 2.75) is 12.8 Å². The van der Waals surface area contributed by atoms with Crippen molar-refractivity contribution in [1.29, 1.82) is 0 Å². The summed E-state index contributed by atoms with van der Waals surface area (Å²) < 4.78 is 3.18. The fourth-order valence-corrected chi connectivity index (χ4v) is 2.92. The second-order valence-electron chi connectivity index (χ2n) is 4.96. The van der Waals surface area contributed by atoms with Gasteiger partial charge in [-0.25, -0.2) is 4.98 Å². The fraction of sp³-hybridized carbons (Fsp3) is 0.462. The van der Waals surface area contributed by atoms with Crippen LogP contribution < -0.4 is 0 Å². The zero-order valence-corrected chi connectivity index (χ0v) is 11.5. The van der Waals surface area contributed by atoms with E-state index in [2.05, 4.69) is 55.7 Å². The molecule has 0 bridgehead atoms. The molecule has 17 heavy (non-hydrogen) atoms. The molecule has 0 spiro atoms. The van der Waals surface area contributed by atoms with E-state index in [1.165, 1.54) is 25.2 Å². The smallest absolute Gasteiger partial charge is 0.138 e. The predicted octanol–water partition coefficient (Wildman–Crippen LogP) is 2.59. The van der Waals surface area contributed by atoms with Crippen LogP contribution in [0.1, 0.15) is 12.1 Å². The lowest BCUT2D eigenvalue weighted by atomic mass is 10.0. The number of imidazole rings is 1. The summed E-state index contributed by atoms with van der Waals surface area (Å²) in [4.78, 5) is 7.08. The molecule has 0 aromatic carbocycles. The van der Waals surface area contributed by atoms with Crippen molar-refractivity contribution in [3.8, 4) is 0 Å². The maximum absolute atomic E-state index is 4.68. The van der Waals surface area contributed by atoms with Crippen molar-refractivity contribution in [3.63, 3.8) is 0 Å². The summed E-state index contributed by atoms with van der Waals surface area (Å²) in [7, 11) is 2.20. The molecule has 0 amide bonds. The summed E-state index contributed by atoms with van der Waals surface area (Å²) in [5.74, 6) is 0.772. The van der Waals surface area contributed by atoms with Crippen LogP contribution in [0.2, 0.25) is 0 Å². The molecule has 1 saturated heterocycles. The molecular formula is C13H16BrN3. The average Bonchev–Trinajstić information content (AvgIpc) is 2.84. The van der Waals surface area contributed by atoms with E-state index in [0.717, 1.165) is 22.5 Å². The van der Waals surface area contributed by atoms with Crippen LogP contribution in [0.4, 0.5) is 0 Å². The minimum absolute atomic E-state index is 0.772. The SMILES string of the molecule is CN1CCC(Cc2cn3ccc(Br)cc3n2)C1. The van der Waals surface area contributed by atoms with E-state index < -0.39 is 0 Å². The molecule has 2 aromatic heterocycles. The summed E-state index contributed by atoms with van der Waals surface area (Å²) in [5.41, 5.74) is 2.24. The lowest BCUT2D eigenvalue weighted by molar-refractivity contribution is 0.394. The molecule has 1 atom stereocenters. The number of hydrogen-bond donors (Lipinski definition) is 0. The van der Waals surface area contributed by atoms with Crippen LogP contribution in [0.3, 0.4) is 0 Å². The van der Waals surface area contributed by atoms with Crippen LogP contribution >= 0.6 is 15.9 Å². The van der Waals surface area contributed by atoms with Gasteiger partial charge in [0.2, 0.25) is 0 Å². The highest BCUT2D eigenvalue weighted by Gasteiger charge is 2.20. The van der Waals surface area contributed by atoms with E-state index in [1.54, 1.807) is 0 Å². The van der Waals surface area contributed by atoms with E-state index >= 15 is 0 Å². The van der Waals surface area contributed by atoms with E-state index in [1.807, 2.05) is 6.07 Å². The molecule has 4 heteroatoms. The van der Waals surface area contributed by atoms with E-state index in [-0.39, 0.29) is 0 Å². The monoisotopic (exact) mass is 293 g/mol. The van der Waals surface area contributed by atoms with Gasteiger partial charge < -0.3 is 9.30 Å². The molecule has 1 aliphatic heterocycles. The number of halogens is 1. The second-order valence-corrected chi connectivity index (χ2v) is 5.88. The van der Waals surface area contributed by atoms with Crippen LogP contribution in [0.15, 0.2) is 29.0 Å². The van der Waals surface area contributed by atoms with Gasteiger partial charge in [-0.3, -0.25) is 0 Å². The maximum Gasteiger partial charge on any atom is 0.138 e. The first-order chi connectivity index (χ1) is 8.20. The molecule has 3 heterocycles. The van der Waals surface area contributed by atoms with E-state index in [9.17, 15) is 0 Å². The minimum Gasteiger partial charge on any atom is -0.307 e. The normalized spacial score (nSPS) is 21.4. The second kappa shape index (κ2) is 4.42. The van der Waals surface area contributed by atoms with Gasteiger partial charge in [-0.15, -0.1) is 0 Å². The van der Waals surface area contributed by atoms with Crippen molar-refractivity contribution in [2.24, 2.45) is 5.92 Å². The first kappa shape index (κ1) is 11.2. The molecule has 1 aliphatic rings. The first-order valence-corrected chi connectivity index (χ1v) is 6.82. The van der Waals surface area contributed by atoms with Gasteiger partial charge in [0.15, 0.2) is 0 Å². The molecule has 0 aliphatic carbocycles. The lowest BCUT2D eigenvalue weighted by Crippen LogP contribution is -2.15. The zero-order chi connectivity index (χ0) is 11.8. The molecule has 2 aromatic rings. The summed E-state index contributed by atoms with van der Waals surface area (Å²) in [6.07, 6.45) is 6.61. The Hall–Kier alpha value is -0.870. The Balaban J connectivity index is 1.81. The molecular weight excluding hydrogens is 278 g/mol. The molecule has 0 radical (unpaired) electrons. The van der Waals surface area contributed by atoms with Gasteiger partial charge in [0.1, 0.15) is 5.65 Å². The Morgan fingerprint density at radius 1 is 1.53 bits per heavy atom. The maximum atomic E-state index is 4.68. The van der Waals surface area contributed by atoms with Gasteiger partial charge in [0.25, 0.3) is 0 Å². The summed E-state index contributed by atoms with van der Waals surface area (Å²) in [6.45, 7) is 2.43. The topological polar surface area (TPSA) is 20.5 Å². The molecule has 3 rings (SSSR count). The Morgan fingerprint density at radius 3 is 3.18 bits per heavy atom. The van der Waals surface area contributed by atoms with Crippen molar-refractivity contribution in [1.82, 2.24) is 14.3 Å². The number of nitrogens with zero attached hydrogens (tertiary/aromatic N) is 3. The Labute approximate surface area is 110 Å². The molecule has 1 unspecified atom stereocenters. The quantitative estimate of drug-likeness (QED) is 0.848. The van der Waals surface area contributed by atoms with Crippen LogP contribution in [0, 0.1) is 5.92 Å². The number of aromatic nitrogens is 2. The Kier molecular flexibility index (Phi) is 2.92. The van der Waals surface area contributed by atoms with Crippen molar-refractivity contribution in [3.05, 3.63) is 34.7 Å². The Bertz CT molecular complexity index is 534. The van der Waals surface area contributed by atoms with Gasteiger partial charge in [-0.05, 0) is 44.5 Å². The number of fused-ring (bicyclic) bond motifs is 1. The highest BCUT2D eigenvalue weighted by atomic mass is 79.9. The third-order valence-electron chi connectivity index (χ3n) is 3.46. The standard InChI is InChI=1S/C13H16BrN3/c1-16-4-2-10(8-16)6-12-9-17-5-3-11(14)7-13(17)15-12/h3,5,7,9-10H,2,4,6,8H2,1H3. The summed E-state index contributed by atoms with van der Waals surface area (Å²) in [6, 6.07) is 4.10. The van der Waals surface area contributed by atoms with Crippen LogP contribution in [-0.4, -0.2) is 34.4 Å². The minimum atomic E-state index is 0.772. The van der Waals surface area contributed by atoms with Gasteiger partial charge in [-0.2, -0.15) is 0 Å². The fourth-order valence-electron chi connectivity index (χ4n) is 2.60. The highest BCUT2D eigenvalue weighted by Crippen LogP contribution is 2.20. The molecule has 90 valence electrons. The van der Waals surface area contributed by atoms with Gasteiger partial charge in [0.05, 0.1) is 5.69 Å². The van der Waals surface area contributed by atoms with Gasteiger partial charge in [0, 0.05) is 23.4 Å². The number of likely N-dealkylation sites (tertiary alicyclic amines) is 1. The van der Waals surface area contributed by atoms with Crippen molar-refractivity contribution >= 4 is 21.6 Å². The molecule has 0 N–H and O–H groups in total. The van der Waals surface area contributed by atoms with E-state index in [4.69, 9.17) is 0 Å². The van der Waals surface area contributed by atoms with Crippen LogP contribution in [0.5, 0.6) is 0 Å². The number of pyridine rings is 1. The van der Waals surface area contributed by atoms with E-state index in [0.29, 0.717) is 0 Å². The third kappa shape index (κ3) is 2.38. The zero-order valence-electron chi connectivity index (χ0n) is 9.93. The molecule has 0 saturated carbocycles.